The molecule has 0 aromatic heterocycles. The molecule has 1 aromatic carbocycles. The zero-order chi connectivity index (χ0) is 14.8. The molecule has 0 saturated carbocycles. The van der Waals surface area contributed by atoms with Gasteiger partial charge >= 0.3 is 0 Å². The number of nitrogens with one attached hydrogen (secondary N) is 1. The third-order valence-electron chi connectivity index (χ3n) is 3.56. The molecule has 1 atom stereocenters. The van der Waals surface area contributed by atoms with Crippen molar-refractivity contribution >= 4 is 5.69 Å². The van der Waals surface area contributed by atoms with E-state index in [1.54, 1.807) is 0 Å². The maximum atomic E-state index is 5.40. The summed E-state index contributed by atoms with van der Waals surface area (Å²) in [5, 5.41) is 3.59. The second-order valence-electron chi connectivity index (χ2n) is 5.12. The standard InChI is InChI=1S/C17H30N2O/c1-5-12-18-17(6-2)15-8-10-16(11-9-15)19(4)13-14-20-7-3/h8-11,17-18H,5-7,12-14H2,1-4H3. The van der Waals surface area contributed by atoms with E-state index < -0.39 is 0 Å². The van der Waals surface area contributed by atoms with Gasteiger partial charge < -0.3 is 15.0 Å². The van der Waals surface area contributed by atoms with Crippen LogP contribution in [0.15, 0.2) is 24.3 Å². The molecule has 1 unspecified atom stereocenters. The first-order valence-corrected chi connectivity index (χ1v) is 7.85. The van der Waals surface area contributed by atoms with E-state index in [2.05, 4.69) is 55.4 Å². The number of hydrogen-bond acceptors (Lipinski definition) is 3. The van der Waals surface area contributed by atoms with Crippen LogP contribution in [0.5, 0.6) is 0 Å². The van der Waals surface area contributed by atoms with Crippen molar-refractivity contribution in [3.8, 4) is 0 Å². The summed E-state index contributed by atoms with van der Waals surface area (Å²) >= 11 is 0. The lowest BCUT2D eigenvalue weighted by Crippen LogP contribution is -2.23. The number of benzene rings is 1. The SMILES string of the molecule is CCCNC(CC)c1ccc(N(C)CCOCC)cc1. The molecule has 114 valence electrons. The minimum absolute atomic E-state index is 0.470. The summed E-state index contributed by atoms with van der Waals surface area (Å²) in [6.45, 7) is 10.0. The highest BCUT2D eigenvalue weighted by Crippen LogP contribution is 2.20. The maximum Gasteiger partial charge on any atom is 0.0641 e. The molecule has 0 aliphatic rings. The monoisotopic (exact) mass is 278 g/mol. The van der Waals surface area contributed by atoms with Gasteiger partial charge in [-0.2, -0.15) is 0 Å². The fraction of sp³-hybridized carbons (Fsp3) is 0.647. The Kier molecular flexibility index (Phi) is 8.31. The van der Waals surface area contributed by atoms with Crippen LogP contribution in [0, 0.1) is 0 Å². The average molecular weight is 278 g/mol. The van der Waals surface area contributed by atoms with E-state index in [9.17, 15) is 0 Å². The van der Waals surface area contributed by atoms with Crippen molar-refractivity contribution in [1.82, 2.24) is 5.32 Å². The van der Waals surface area contributed by atoms with Crippen LogP contribution in [0.2, 0.25) is 0 Å². The highest BCUT2D eigenvalue weighted by molar-refractivity contribution is 5.47. The Labute approximate surface area is 124 Å². The molecule has 0 aliphatic carbocycles. The van der Waals surface area contributed by atoms with Gasteiger partial charge in [0.05, 0.1) is 6.61 Å². The maximum absolute atomic E-state index is 5.40. The fourth-order valence-electron chi connectivity index (χ4n) is 2.25. The first kappa shape index (κ1) is 17.0. The van der Waals surface area contributed by atoms with E-state index in [0.717, 1.165) is 32.7 Å². The molecule has 3 heteroatoms. The number of ether oxygens (including phenoxy) is 1. The Morgan fingerprint density at radius 3 is 2.40 bits per heavy atom. The Morgan fingerprint density at radius 1 is 1.15 bits per heavy atom. The Morgan fingerprint density at radius 2 is 1.85 bits per heavy atom. The summed E-state index contributed by atoms with van der Waals surface area (Å²) in [4.78, 5) is 2.24. The summed E-state index contributed by atoms with van der Waals surface area (Å²) < 4.78 is 5.40. The second-order valence-corrected chi connectivity index (χ2v) is 5.12. The van der Waals surface area contributed by atoms with Gasteiger partial charge in [0.2, 0.25) is 0 Å². The highest BCUT2D eigenvalue weighted by atomic mass is 16.5. The van der Waals surface area contributed by atoms with Crippen LogP contribution >= 0.6 is 0 Å². The lowest BCUT2D eigenvalue weighted by atomic mass is 10.0. The second kappa shape index (κ2) is 9.78. The molecule has 1 aromatic rings. The molecular formula is C17H30N2O. The van der Waals surface area contributed by atoms with Gasteiger partial charge in [0.25, 0.3) is 0 Å². The zero-order valence-electron chi connectivity index (χ0n) is 13.5. The summed E-state index contributed by atoms with van der Waals surface area (Å²) in [7, 11) is 2.11. The van der Waals surface area contributed by atoms with Crippen LogP contribution in [-0.4, -0.2) is 33.4 Å². The molecule has 0 spiro atoms. The lowest BCUT2D eigenvalue weighted by Gasteiger charge is -2.21. The largest absolute Gasteiger partial charge is 0.380 e. The van der Waals surface area contributed by atoms with Crippen LogP contribution in [0.1, 0.15) is 45.2 Å². The number of likely N-dealkylation sites (N-methyl/N-ethyl adjacent to an activating group) is 1. The third kappa shape index (κ3) is 5.51. The molecule has 1 rings (SSSR count). The molecule has 1 N–H and O–H groups in total. The molecule has 0 heterocycles. The van der Waals surface area contributed by atoms with Gasteiger partial charge in [-0.05, 0) is 44.0 Å². The van der Waals surface area contributed by atoms with Crippen molar-refractivity contribution in [2.45, 2.75) is 39.7 Å². The molecule has 0 fully saturated rings. The van der Waals surface area contributed by atoms with Crippen molar-refractivity contribution in [3.05, 3.63) is 29.8 Å². The van der Waals surface area contributed by atoms with Crippen molar-refractivity contribution in [3.63, 3.8) is 0 Å². The van der Waals surface area contributed by atoms with Gasteiger partial charge in [-0.1, -0.05) is 26.0 Å². The topological polar surface area (TPSA) is 24.5 Å². The Hall–Kier alpha value is -1.06. The molecule has 0 amide bonds. The predicted molar refractivity (Wildman–Crippen MR) is 87.5 cm³/mol. The molecular weight excluding hydrogens is 248 g/mol. The Balaban J connectivity index is 2.57. The Bertz CT molecular complexity index is 351. The third-order valence-corrected chi connectivity index (χ3v) is 3.56. The molecule has 0 bridgehead atoms. The molecule has 20 heavy (non-hydrogen) atoms. The summed E-state index contributed by atoms with van der Waals surface area (Å²) in [6.07, 6.45) is 2.30. The predicted octanol–water partition coefficient (Wildman–Crippen LogP) is 3.61. The van der Waals surface area contributed by atoms with Crippen LogP contribution in [0.4, 0.5) is 5.69 Å². The van der Waals surface area contributed by atoms with E-state index >= 15 is 0 Å². The van der Waals surface area contributed by atoms with Gasteiger partial charge in [-0.3, -0.25) is 0 Å². The summed E-state index contributed by atoms with van der Waals surface area (Å²) in [5.74, 6) is 0. The number of rotatable bonds is 10. The fourth-order valence-corrected chi connectivity index (χ4v) is 2.25. The summed E-state index contributed by atoms with van der Waals surface area (Å²) in [5.41, 5.74) is 2.63. The van der Waals surface area contributed by atoms with Crippen molar-refractivity contribution in [2.75, 3.05) is 38.3 Å². The highest BCUT2D eigenvalue weighted by Gasteiger charge is 2.08. The van der Waals surface area contributed by atoms with Crippen molar-refractivity contribution < 1.29 is 4.74 Å². The van der Waals surface area contributed by atoms with Crippen LogP contribution in [0.3, 0.4) is 0 Å². The van der Waals surface area contributed by atoms with Gasteiger partial charge in [0.1, 0.15) is 0 Å². The minimum atomic E-state index is 0.470. The average Bonchev–Trinajstić information content (AvgIpc) is 2.49. The van der Waals surface area contributed by atoms with Gasteiger partial charge in [0, 0.05) is 31.9 Å². The van der Waals surface area contributed by atoms with Gasteiger partial charge in [0.15, 0.2) is 0 Å². The quantitative estimate of drug-likeness (QED) is 0.662. The minimum Gasteiger partial charge on any atom is -0.380 e. The van der Waals surface area contributed by atoms with Crippen molar-refractivity contribution in [2.24, 2.45) is 0 Å². The van der Waals surface area contributed by atoms with Crippen LogP contribution < -0.4 is 10.2 Å². The summed E-state index contributed by atoms with van der Waals surface area (Å²) in [6, 6.07) is 9.36. The normalized spacial score (nSPS) is 12.4. The number of hydrogen-bond donors (Lipinski definition) is 1. The van der Waals surface area contributed by atoms with Crippen LogP contribution in [-0.2, 0) is 4.74 Å². The zero-order valence-corrected chi connectivity index (χ0v) is 13.5. The number of anilines is 1. The van der Waals surface area contributed by atoms with E-state index in [0.29, 0.717) is 6.04 Å². The molecule has 0 saturated heterocycles. The van der Waals surface area contributed by atoms with Gasteiger partial charge in [-0.25, -0.2) is 0 Å². The van der Waals surface area contributed by atoms with Crippen molar-refractivity contribution in [1.29, 1.82) is 0 Å². The first-order valence-electron chi connectivity index (χ1n) is 7.85. The molecule has 0 radical (unpaired) electrons. The molecule has 3 nitrogen and oxygen atoms in total. The smallest absolute Gasteiger partial charge is 0.0641 e. The van der Waals surface area contributed by atoms with E-state index in [4.69, 9.17) is 4.74 Å². The molecule has 0 aliphatic heterocycles. The first-order chi connectivity index (χ1) is 9.72. The lowest BCUT2D eigenvalue weighted by molar-refractivity contribution is 0.154. The van der Waals surface area contributed by atoms with E-state index in [1.807, 2.05) is 6.92 Å². The van der Waals surface area contributed by atoms with E-state index in [1.165, 1.54) is 17.7 Å². The number of nitrogens with zero attached hydrogens (tertiary/aromatic N) is 1. The van der Waals surface area contributed by atoms with Gasteiger partial charge in [-0.15, -0.1) is 0 Å². The van der Waals surface area contributed by atoms with E-state index in [-0.39, 0.29) is 0 Å². The van der Waals surface area contributed by atoms with Crippen LogP contribution in [0.25, 0.3) is 0 Å².